The molecule has 23 heavy (non-hydrogen) atoms. The number of aromatic nitrogens is 2. The Bertz CT molecular complexity index is 576. The van der Waals surface area contributed by atoms with Crippen LogP contribution in [0.5, 0.6) is 0 Å². The van der Waals surface area contributed by atoms with Crippen molar-refractivity contribution < 1.29 is 19.1 Å². The highest BCUT2D eigenvalue weighted by Crippen LogP contribution is 2.17. The molecule has 0 spiro atoms. The van der Waals surface area contributed by atoms with Crippen LogP contribution in [0.2, 0.25) is 0 Å². The van der Waals surface area contributed by atoms with Gasteiger partial charge in [-0.1, -0.05) is 0 Å². The summed E-state index contributed by atoms with van der Waals surface area (Å²) in [7, 11) is 0. The zero-order valence-electron chi connectivity index (χ0n) is 14.4. The van der Waals surface area contributed by atoms with Gasteiger partial charge in [0.25, 0.3) is 0 Å². The molecule has 0 aliphatic carbocycles. The van der Waals surface area contributed by atoms with Gasteiger partial charge in [-0.15, -0.1) is 0 Å². The number of carbonyl (C=O) groups is 2. The molecule has 7 nitrogen and oxygen atoms in total. The smallest absolute Gasteiger partial charge is 0.408 e. The maximum absolute atomic E-state index is 12.0. The summed E-state index contributed by atoms with van der Waals surface area (Å²) in [5.41, 5.74) is -0.845. The third-order valence-electron chi connectivity index (χ3n) is 2.65. The fourth-order valence-electron chi connectivity index (χ4n) is 1.88. The number of amides is 1. The molecule has 0 radical (unpaired) electrons. The Hall–Kier alpha value is -1.32. The van der Waals surface area contributed by atoms with Gasteiger partial charge < -0.3 is 14.8 Å². The molecule has 0 saturated carbocycles. The molecule has 0 saturated heterocycles. The second kappa shape index (κ2) is 7.50. The first-order valence-electron chi connectivity index (χ1n) is 7.35. The van der Waals surface area contributed by atoms with Gasteiger partial charge in [0, 0.05) is 0 Å². The Morgan fingerprint density at radius 1 is 1.30 bits per heavy atom. The van der Waals surface area contributed by atoms with E-state index in [0.717, 1.165) is 0 Å². The SMILES string of the molecule is CCOC(=O)c1c(I)cnn1CC(C)(C)NC(=O)OC(C)(C)C. The Morgan fingerprint density at radius 3 is 2.43 bits per heavy atom. The number of rotatable bonds is 5. The molecule has 1 amide bonds. The van der Waals surface area contributed by atoms with Crippen LogP contribution in [-0.4, -0.2) is 39.6 Å². The number of hydrogen-bond donors (Lipinski definition) is 1. The Labute approximate surface area is 150 Å². The molecule has 0 unspecified atom stereocenters. The topological polar surface area (TPSA) is 82.5 Å². The highest BCUT2D eigenvalue weighted by Gasteiger charge is 2.28. The van der Waals surface area contributed by atoms with Gasteiger partial charge in [-0.05, 0) is 64.1 Å². The fraction of sp³-hybridized carbons (Fsp3) is 0.667. The molecule has 1 N–H and O–H groups in total. The molecule has 0 aromatic carbocycles. The maximum Gasteiger partial charge on any atom is 0.408 e. The summed E-state index contributed by atoms with van der Waals surface area (Å²) in [5.74, 6) is -0.428. The molecule has 0 aliphatic rings. The van der Waals surface area contributed by atoms with E-state index < -0.39 is 23.2 Å². The van der Waals surface area contributed by atoms with E-state index in [9.17, 15) is 9.59 Å². The number of carbonyl (C=O) groups excluding carboxylic acids is 2. The Kier molecular flexibility index (Phi) is 6.43. The molecular formula is C15H24IN3O4. The lowest BCUT2D eigenvalue weighted by Crippen LogP contribution is -2.48. The van der Waals surface area contributed by atoms with Crippen LogP contribution in [-0.2, 0) is 16.0 Å². The summed E-state index contributed by atoms with van der Waals surface area (Å²) in [6, 6.07) is 0. The maximum atomic E-state index is 12.0. The summed E-state index contributed by atoms with van der Waals surface area (Å²) >= 11 is 2.03. The molecule has 0 fully saturated rings. The monoisotopic (exact) mass is 437 g/mol. The first-order chi connectivity index (χ1) is 10.4. The van der Waals surface area contributed by atoms with Crippen molar-refractivity contribution in [2.75, 3.05) is 6.61 Å². The van der Waals surface area contributed by atoms with Crippen LogP contribution in [0.3, 0.4) is 0 Å². The summed E-state index contributed by atoms with van der Waals surface area (Å²) in [6.45, 7) is 11.4. The first kappa shape index (κ1) is 19.7. The molecule has 1 rings (SSSR count). The van der Waals surface area contributed by atoms with Crippen molar-refractivity contribution in [2.45, 2.75) is 59.2 Å². The number of nitrogens with zero attached hydrogens (tertiary/aromatic N) is 2. The molecule has 1 heterocycles. The number of nitrogens with one attached hydrogen (secondary N) is 1. The minimum atomic E-state index is -0.654. The highest BCUT2D eigenvalue weighted by molar-refractivity contribution is 14.1. The van der Waals surface area contributed by atoms with Crippen LogP contribution < -0.4 is 5.32 Å². The average Bonchev–Trinajstić information content (AvgIpc) is 2.66. The molecule has 1 aromatic rings. The van der Waals surface area contributed by atoms with Crippen molar-refractivity contribution in [3.63, 3.8) is 0 Å². The summed E-state index contributed by atoms with van der Waals surface area (Å²) in [6.07, 6.45) is 1.08. The van der Waals surface area contributed by atoms with Gasteiger partial charge >= 0.3 is 12.1 Å². The second-order valence-electron chi connectivity index (χ2n) is 6.73. The van der Waals surface area contributed by atoms with Crippen molar-refractivity contribution in [1.29, 1.82) is 0 Å². The van der Waals surface area contributed by atoms with Crippen LogP contribution in [0, 0.1) is 3.57 Å². The van der Waals surface area contributed by atoms with Gasteiger partial charge in [-0.3, -0.25) is 4.68 Å². The van der Waals surface area contributed by atoms with Gasteiger partial charge in [-0.25, -0.2) is 9.59 Å². The molecular weight excluding hydrogens is 413 g/mol. The van der Waals surface area contributed by atoms with Crippen LogP contribution in [0.15, 0.2) is 6.20 Å². The summed E-state index contributed by atoms with van der Waals surface area (Å²) in [5, 5.41) is 6.99. The Morgan fingerprint density at radius 2 is 1.91 bits per heavy atom. The van der Waals surface area contributed by atoms with Crippen LogP contribution in [0.4, 0.5) is 4.79 Å². The van der Waals surface area contributed by atoms with E-state index >= 15 is 0 Å². The van der Waals surface area contributed by atoms with Crippen LogP contribution in [0.25, 0.3) is 0 Å². The number of alkyl carbamates (subject to hydrolysis) is 1. The minimum absolute atomic E-state index is 0.291. The molecule has 1 aromatic heterocycles. The standard InChI is InChI=1S/C15H24IN3O4/c1-7-22-12(20)11-10(16)8-17-19(11)9-15(5,6)18-13(21)23-14(2,3)4/h8H,7,9H2,1-6H3,(H,18,21). The third kappa shape index (κ3) is 6.36. The zero-order chi connectivity index (χ0) is 17.8. The van der Waals surface area contributed by atoms with E-state index in [0.29, 0.717) is 22.4 Å². The zero-order valence-corrected chi connectivity index (χ0v) is 16.6. The predicted molar refractivity (Wildman–Crippen MR) is 94.3 cm³/mol. The second-order valence-corrected chi connectivity index (χ2v) is 7.89. The van der Waals surface area contributed by atoms with Crippen molar-refractivity contribution >= 4 is 34.7 Å². The van der Waals surface area contributed by atoms with Crippen molar-refractivity contribution in [2.24, 2.45) is 0 Å². The van der Waals surface area contributed by atoms with Crippen LogP contribution in [0.1, 0.15) is 52.0 Å². The Balaban J connectivity index is 2.86. The molecule has 0 aliphatic heterocycles. The fourth-order valence-corrected chi connectivity index (χ4v) is 2.50. The first-order valence-corrected chi connectivity index (χ1v) is 8.42. The molecule has 130 valence electrons. The quantitative estimate of drug-likeness (QED) is 0.566. The van der Waals surface area contributed by atoms with Gasteiger partial charge in [0.2, 0.25) is 0 Å². The molecule has 8 heteroatoms. The molecule has 0 atom stereocenters. The van der Waals surface area contributed by atoms with Gasteiger partial charge in [-0.2, -0.15) is 5.10 Å². The van der Waals surface area contributed by atoms with E-state index in [4.69, 9.17) is 9.47 Å². The van der Waals surface area contributed by atoms with Crippen molar-refractivity contribution in [3.05, 3.63) is 15.5 Å². The van der Waals surface area contributed by atoms with Gasteiger partial charge in [0.1, 0.15) is 5.60 Å². The predicted octanol–water partition coefficient (Wildman–Crippen LogP) is 2.97. The lowest BCUT2D eigenvalue weighted by atomic mass is 10.1. The summed E-state index contributed by atoms with van der Waals surface area (Å²) in [4.78, 5) is 24.0. The number of ether oxygens (including phenoxy) is 2. The van der Waals surface area contributed by atoms with Crippen molar-refractivity contribution in [1.82, 2.24) is 15.1 Å². The van der Waals surface area contributed by atoms with Gasteiger partial charge in [0.15, 0.2) is 5.69 Å². The van der Waals surface area contributed by atoms with E-state index in [1.165, 1.54) is 4.68 Å². The van der Waals surface area contributed by atoms with E-state index in [1.54, 1.807) is 33.9 Å². The average molecular weight is 437 g/mol. The summed E-state index contributed by atoms with van der Waals surface area (Å²) < 4.78 is 12.6. The number of halogens is 1. The highest BCUT2D eigenvalue weighted by atomic mass is 127. The number of esters is 1. The number of hydrogen-bond acceptors (Lipinski definition) is 5. The van der Waals surface area contributed by atoms with E-state index in [-0.39, 0.29) is 0 Å². The van der Waals surface area contributed by atoms with E-state index in [2.05, 4.69) is 10.4 Å². The van der Waals surface area contributed by atoms with Crippen LogP contribution >= 0.6 is 22.6 Å². The van der Waals surface area contributed by atoms with Crippen molar-refractivity contribution in [3.8, 4) is 0 Å². The normalized spacial score (nSPS) is 12.0. The van der Waals surface area contributed by atoms with Gasteiger partial charge in [0.05, 0.1) is 28.5 Å². The lowest BCUT2D eigenvalue weighted by molar-refractivity contribution is 0.0459. The third-order valence-corrected chi connectivity index (χ3v) is 3.44. The van der Waals surface area contributed by atoms with E-state index in [1.807, 2.05) is 36.4 Å². The minimum Gasteiger partial charge on any atom is -0.461 e. The lowest BCUT2D eigenvalue weighted by Gasteiger charge is -2.29. The molecule has 0 bridgehead atoms. The largest absolute Gasteiger partial charge is 0.461 e.